The second kappa shape index (κ2) is 2.51. The first-order chi connectivity index (χ1) is 4.70. The molecule has 0 unspecified atom stereocenters. The molecule has 0 saturated carbocycles. The van der Waals surface area contributed by atoms with E-state index in [1.54, 1.807) is 19.0 Å². The fourth-order valence-corrected chi connectivity index (χ4v) is 0.516. The van der Waals surface area contributed by atoms with E-state index in [1.165, 1.54) is 12.3 Å². The van der Waals surface area contributed by atoms with E-state index in [9.17, 15) is 4.79 Å². The normalized spacial score (nSPS) is 9.40. The van der Waals surface area contributed by atoms with Gasteiger partial charge in [0.15, 0.2) is 0 Å². The molecule has 1 rings (SSSR count). The van der Waals surface area contributed by atoms with Crippen LogP contribution in [-0.4, -0.2) is 19.1 Å². The third-order valence-corrected chi connectivity index (χ3v) is 0.972. The number of nitrogens with zero attached hydrogens (tertiary/aromatic N) is 2. The van der Waals surface area contributed by atoms with Crippen LogP contribution in [0, 0.1) is 0 Å². The van der Waals surface area contributed by atoms with Crippen LogP contribution in [0.5, 0.6) is 0 Å². The molecule has 0 N–H and O–H groups in total. The highest BCUT2D eigenvalue weighted by Crippen LogP contribution is 1.99. The fourth-order valence-electron chi connectivity index (χ4n) is 0.516. The first-order valence-corrected chi connectivity index (χ1v) is 2.83. The Hall–Kier alpha value is -1.32. The van der Waals surface area contributed by atoms with Crippen LogP contribution < -0.4 is 10.5 Å². The third-order valence-electron chi connectivity index (χ3n) is 0.972. The van der Waals surface area contributed by atoms with E-state index in [0.717, 1.165) is 0 Å². The molecule has 0 amide bonds. The molecular weight excluding hydrogens is 132 g/mol. The Kier molecular flexibility index (Phi) is 1.71. The van der Waals surface area contributed by atoms with Crippen molar-refractivity contribution in [2.45, 2.75) is 0 Å². The molecule has 1 aromatic heterocycles. The predicted molar refractivity (Wildman–Crippen MR) is 37.1 cm³/mol. The summed E-state index contributed by atoms with van der Waals surface area (Å²) in [6, 6.07) is 1.60. The van der Waals surface area contributed by atoms with Crippen molar-refractivity contribution >= 4 is 6.01 Å². The summed E-state index contributed by atoms with van der Waals surface area (Å²) >= 11 is 0. The van der Waals surface area contributed by atoms with Gasteiger partial charge in [0.2, 0.25) is 0 Å². The van der Waals surface area contributed by atoms with Crippen molar-refractivity contribution in [3.63, 3.8) is 0 Å². The van der Waals surface area contributed by atoms with Crippen molar-refractivity contribution in [2.75, 3.05) is 19.0 Å². The molecule has 0 fully saturated rings. The Morgan fingerprint density at radius 2 is 2.30 bits per heavy atom. The molecule has 0 bridgehead atoms. The summed E-state index contributed by atoms with van der Waals surface area (Å²) in [6.45, 7) is 0. The van der Waals surface area contributed by atoms with Crippen molar-refractivity contribution < 1.29 is 4.42 Å². The zero-order chi connectivity index (χ0) is 7.56. The van der Waals surface area contributed by atoms with E-state index in [2.05, 4.69) is 4.98 Å². The van der Waals surface area contributed by atoms with E-state index in [1.807, 2.05) is 0 Å². The minimum Gasteiger partial charge on any atom is -0.433 e. The van der Waals surface area contributed by atoms with E-state index in [4.69, 9.17) is 4.42 Å². The average Bonchev–Trinajstić information content (AvgIpc) is 1.88. The van der Waals surface area contributed by atoms with Crippen LogP contribution >= 0.6 is 0 Å². The van der Waals surface area contributed by atoms with Gasteiger partial charge in [-0.25, -0.2) is 0 Å². The van der Waals surface area contributed by atoms with Gasteiger partial charge < -0.3 is 9.32 Å². The Bertz CT molecular complexity index is 266. The van der Waals surface area contributed by atoms with Gasteiger partial charge in [0.25, 0.3) is 11.6 Å². The van der Waals surface area contributed by atoms with Crippen molar-refractivity contribution in [1.29, 1.82) is 0 Å². The summed E-state index contributed by atoms with van der Waals surface area (Å²) in [5.74, 6) is 0. The number of hydrogen-bond donors (Lipinski definition) is 0. The summed E-state index contributed by atoms with van der Waals surface area (Å²) < 4.78 is 4.88. The topological polar surface area (TPSA) is 46.3 Å². The van der Waals surface area contributed by atoms with Crippen molar-refractivity contribution in [2.24, 2.45) is 0 Å². The highest BCUT2D eigenvalue weighted by molar-refractivity contribution is 5.19. The van der Waals surface area contributed by atoms with Crippen molar-refractivity contribution in [3.05, 3.63) is 22.7 Å². The van der Waals surface area contributed by atoms with Crippen LogP contribution in [0.25, 0.3) is 0 Å². The molecule has 0 aliphatic heterocycles. The second-order valence-corrected chi connectivity index (χ2v) is 2.05. The molecule has 0 aliphatic carbocycles. The van der Waals surface area contributed by atoms with Crippen molar-refractivity contribution in [3.8, 4) is 0 Å². The molecule has 0 spiro atoms. The molecule has 1 heterocycles. The van der Waals surface area contributed by atoms with Crippen molar-refractivity contribution in [1.82, 2.24) is 4.98 Å². The lowest BCUT2D eigenvalue weighted by molar-refractivity contribution is 0.524. The van der Waals surface area contributed by atoms with Crippen LogP contribution in [0.4, 0.5) is 6.01 Å². The van der Waals surface area contributed by atoms with Gasteiger partial charge in [0.05, 0.1) is 0 Å². The fraction of sp³-hybridized carbons (Fsp3) is 0.333. The zero-order valence-corrected chi connectivity index (χ0v) is 5.87. The Morgan fingerprint density at radius 1 is 1.60 bits per heavy atom. The van der Waals surface area contributed by atoms with Gasteiger partial charge in [-0.05, 0) is 0 Å². The number of rotatable bonds is 1. The highest BCUT2D eigenvalue weighted by atomic mass is 16.4. The first-order valence-electron chi connectivity index (χ1n) is 2.83. The number of aromatic nitrogens is 1. The highest BCUT2D eigenvalue weighted by Gasteiger charge is 1.97. The summed E-state index contributed by atoms with van der Waals surface area (Å²) in [5.41, 5.74) is -0.282. The molecule has 0 aliphatic rings. The van der Waals surface area contributed by atoms with E-state index >= 15 is 0 Å². The molecule has 4 nitrogen and oxygen atoms in total. The molecule has 54 valence electrons. The molecule has 0 radical (unpaired) electrons. The molecule has 10 heavy (non-hydrogen) atoms. The first kappa shape index (κ1) is 6.80. The van der Waals surface area contributed by atoms with E-state index in [0.29, 0.717) is 6.01 Å². The van der Waals surface area contributed by atoms with Gasteiger partial charge >= 0.3 is 0 Å². The maximum Gasteiger partial charge on any atom is 0.299 e. The predicted octanol–water partition coefficient (Wildman–Crippen LogP) is 0.101. The van der Waals surface area contributed by atoms with Gasteiger partial charge in [0.1, 0.15) is 6.26 Å². The lowest BCUT2D eigenvalue weighted by Crippen LogP contribution is -2.15. The smallest absolute Gasteiger partial charge is 0.299 e. The Labute approximate surface area is 58.1 Å². The van der Waals surface area contributed by atoms with E-state index in [-0.39, 0.29) is 5.56 Å². The van der Waals surface area contributed by atoms with Gasteiger partial charge in [-0.1, -0.05) is 0 Å². The third kappa shape index (κ3) is 1.34. The van der Waals surface area contributed by atoms with E-state index < -0.39 is 0 Å². The molecule has 0 aromatic carbocycles. The maximum atomic E-state index is 10.6. The maximum absolute atomic E-state index is 10.6. The lowest BCUT2D eigenvalue weighted by Gasteiger charge is -2.05. The molecule has 0 atom stereocenters. The molecular formula is C6H8N2O2. The molecule has 1 aromatic rings. The monoisotopic (exact) mass is 140 g/mol. The minimum absolute atomic E-state index is 0.282. The van der Waals surface area contributed by atoms with Crippen LogP contribution in [0.2, 0.25) is 0 Å². The summed E-state index contributed by atoms with van der Waals surface area (Å²) in [7, 11) is 3.51. The van der Waals surface area contributed by atoms with Gasteiger partial charge in [-0.15, -0.1) is 0 Å². The van der Waals surface area contributed by atoms with Crippen LogP contribution in [0.1, 0.15) is 0 Å². The largest absolute Gasteiger partial charge is 0.433 e. The van der Waals surface area contributed by atoms with Crippen LogP contribution in [0.3, 0.4) is 0 Å². The Morgan fingerprint density at radius 3 is 2.70 bits per heavy atom. The van der Waals surface area contributed by atoms with Gasteiger partial charge in [-0.2, -0.15) is 4.98 Å². The minimum atomic E-state index is -0.282. The average molecular weight is 140 g/mol. The molecule has 0 saturated heterocycles. The van der Waals surface area contributed by atoms with Gasteiger partial charge in [0, 0.05) is 20.2 Å². The zero-order valence-electron chi connectivity index (χ0n) is 5.87. The van der Waals surface area contributed by atoms with Crippen LogP contribution in [0.15, 0.2) is 21.5 Å². The lowest BCUT2D eigenvalue weighted by atomic mass is 10.7. The summed E-state index contributed by atoms with van der Waals surface area (Å²) in [4.78, 5) is 15.8. The van der Waals surface area contributed by atoms with Crippen LogP contribution in [-0.2, 0) is 0 Å². The number of anilines is 1. The summed E-state index contributed by atoms with van der Waals surface area (Å²) in [5, 5.41) is 0. The number of hydrogen-bond acceptors (Lipinski definition) is 4. The SMILES string of the molecule is CN(C)c1nc(=O)cco1. The molecule has 4 heteroatoms. The quantitative estimate of drug-likeness (QED) is 0.555. The summed E-state index contributed by atoms with van der Waals surface area (Å²) in [6.07, 6.45) is 1.32. The van der Waals surface area contributed by atoms with Gasteiger partial charge in [-0.3, -0.25) is 4.79 Å². The Balaban J connectivity index is 3.07. The second-order valence-electron chi connectivity index (χ2n) is 2.05. The standard InChI is InChI=1S/C6H8N2O2/c1-8(2)6-7-5(9)3-4-10-6/h3-4H,1-2H3.